The van der Waals surface area contributed by atoms with E-state index in [1.807, 2.05) is 0 Å². The van der Waals surface area contributed by atoms with Gasteiger partial charge in [0, 0.05) is 6.42 Å². The summed E-state index contributed by atoms with van der Waals surface area (Å²) in [4.78, 5) is 11.5. The van der Waals surface area contributed by atoms with Crippen molar-refractivity contribution >= 4 is 5.97 Å². The Morgan fingerprint density at radius 3 is 2.57 bits per heavy atom. The highest BCUT2D eigenvalue weighted by molar-refractivity contribution is 5.75. The molecule has 1 unspecified atom stereocenters. The second kappa shape index (κ2) is 7.87. The number of para-hydroxylation sites is 1. The number of ether oxygens (including phenoxy) is 2. The van der Waals surface area contributed by atoms with Crippen LogP contribution in [0.5, 0.6) is 5.75 Å². The molecular weight excluding hydrogens is 287 g/mol. The predicted octanol–water partition coefficient (Wildman–Crippen LogP) is 2.63. The van der Waals surface area contributed by atoms with Crippen molar-refractivity contribution in [2.75, 3.05) is 20.3 Å². The number of carbonyl (C=O) groups excluding carboxylic acids is 1. The summed E-state index contributed by atoms with van der Waals surface area (Å²) in [5.74, 6) is -0.698. The highest BCUT2D eigenvalue weighted by atomic mass is 19.4. The molecular formula is C14H18F3NO3. The molecule has 0 aliphatic carbocycles. The Morgan fingerprint density at radius 1 is 1.33 bits per heavy atom. The highest BCUT2D eigenvalue weighted by Gasteiger charge is 2.34. The maximum Gasteiger partial charge on any atom is 0.419 e. The molecule has 0 amide bonds. The van der Waals surface area contributed by atoms with Crippen LogP contribution in [0.4, 0.5) is 13.2 Å². The molecule has 21 heavy (non-hydrogen) atoms. The van der Waals surface area contributed by atoms with Gasteiger partial charge in [-0.15, -0.1) is 0 Å². The van der Waals surface area contributed by atoms with Crippen molar-refractivity contribution in [2.24, 2.45) is 0 Å². The largest absolute Gasteiger partial charge is 0.493 e. The Kier molecular flexibility index (Phi) is 6.48. The van der Waals surface area contributed by atoms with Crippen molar-refractivity contribution in [3.05, 3.63) is 29.8 Å². The van der Waals surface area contributed by atoms with Gasteiger partial charge in [0.25, 0.3) is 0 Å². The van der Waals surface area contributed by atoms with Crippen molar-refractivity contribution in [2.45, 2.75) is 25.6 Å². The first-order valence-electron chi connectivity index (χ1n) is 6.53. The fourth-order valence-electron chi connectivity index (χ4n) is 1.74. The van der Waals surface area contributed by atoms with Gasteiger partial charge >= 0.3 is 12.1 Å². The maximum absolute atomic E-state index is 12.8. The summed E-state index contributed by atoms with van der Waals surface area (Å²) < 4.78 is 48.3. The van der Waals surface area contributed by atoms with E-state index in [0.717, 1.165) is 6.07 Å². The van der Waals surface area contributed by atoms with E-state index in [1.165, 1.54) is 18.2 Å². The molecule has 0 fully saturated rings. The first-order chi connectivity index (χ1) is 9.90. The van der Waals surface area contributed by atoms with Gasteiger partial charge in [0.15, 0.2) is 0 Å². The fraction of sp³-hybridized carbons (Fsp3) is 0.500. The number of benzene rings is 1. The number of rotatable bonds is 7. The van der Waals surface area contributed by atoms with Crippen molar-refractivity contribution in [1.29, 1.82) is 0 Å². The number of likely N-dealkylation sites (N-methyl/N-ethyl adjacent to an activating group) is 1. The molecule has 0 spiro atoms. The minimum atomic E-state index is -4.47. The predicted molar refractivity (Wildman–Crippen MR) is 71.0 cm³/mol. The zero-order chi connectivity index (χ0) is 15.9. The average Bonchev–Trinajstić information content (AvgIpc) is 2.43. The van der Waals surface area contributed by atoms with E-state index < -0.39 is 23.8 Å². The van der Waals surface area contributed by atoms with Gasteiger partial charge in [-0.2, -0.15) is 13.2 Å². The summed E-state index contributed by atoms with van der Waals surface area (Å²) in [6, 6.07) is 4.36. The van der Waals surface area contributed by atoms with Gasteiger partial charge in [-0.3, -0.25) is 4.79 Å². The molecule has 118 valence electrons. The molecule has 4 nitrogen and oxygen atoms in total. The summed E-state index contributed by atoms with van der Waals surface area (Å²) >= 11 is 0. The average molecular weight is 305 g/mol. The number of alkyl halides is 3. The molecule has 0 bridgehead atoms. The molecule has 0 saturated heterocycles. The van der Waals surface area contributed by atoms with E-state index in [9.17, 15) is 18.0 Å². The molecule has 0 saturated carbocycles. The van der Waals surface area contributed by atoms with Crippen LogP contribution in [0.1, 0.15) is 18.9 Å². The SMILES string of the molecule is CCOC(=O)C(CCOc1ccccc1C(F)(F)F)NC. The topological polar surface area (TPSA) is 47.6 Å². The van der Waals surface area contributed by atoms with Gasteiger partial charge in [0.2, 0.25) is 0 Å². The highest BCUT2D eigenvalue weighted by Crippen LogP contribution is 2.35. The molecule has 1 aromatic rings. The fourth-order valence-corrected chi connectivity index (χ4v) is 1.74. The Morgan fingerprint density at radius 2 is 2.00 bits per heavy atom. The molecule has 0 heterocycles. The van der Waals surface area contributed by atoms with E-state index in [4.69, 9.17) is 9.47 Å². The van der Waals surface area contributed by atoms with E-state index in [2.05, 4.69) is 5.32 Å². The minimum Gasteiger partial charge on any atom is -0.493 e. The number of hydrogen-bond donors (Lipinski definition) is 1. The lowest BCUT2D eigenvalue weighted by atomic mass is 10.2. The molecule has 7 heteroatoms. The van der Waals surface area contributed by atoms with Crippen LogP contribution in [0, 0.1) is 0 Å². The summed E-state index contributed by atoms with van der Waals surface area (Å²) in [5.41, 5.74) is -0.831. The standard InChI is InChI=1S/C14H18F3NO3/c1-3-20-13(19)11(18-2)8-9-21-12-7-5-4-6-10(12)14(15,16)17/h4-7,11,18H,3,8-9H2,1-2H3. The van der Waals surface area contributed by atoms with Gasteiger partial charge in [0.1, 0.15) is 11.8 Å². The van der Waals surface area contributed by atoms with Gasteiger partial charge in [-0.05, 0) is 26.1 Å². The third kappa shape index (κ3) is 5.26. The van der Waals surface area contributed by atoms with Crippen molar-refractivity contribution in [3.8, 4) is 5.75 Å². The Balaban J connectivity index is 2.62. The van der Waals surface area contributed by atoms with Crippen LogP contribution in [-0.2, 0) is 15.7 Å². The van der Waals surface area contributed by atoms with Gasteiger partial charge < -0.3 is 14.8 Å². The van der Waals surface area contributed by atoms with Crippen LogP contribution in [0.15, 0.2) is 24.3 Å². The third-order valence-electron chi connectivity index (χ3n) is 2.78. The maximum atomic E-state index is 12.8. The summed E-state index contributed by atoms with van der Waals surface area (Å²) in [6.07, 6.45) is -4.26. The minimum absolute atomic E-state index is 0.0303. The molecule has 0 radical (unpaired) electrons. The first kappa shape index (κ1) is 17.3. The number of carbonyl (C=O) groups is 1. The van der Waals surface area contributed by atoms with Crippen LogP contribution >= 0.6 is 0 Å². The zero-order valence-electron chi connectivity index (χ0n) is 11.9. The lowest BCUT2D eigenvalue weighted by Crippen LogP contribution is -2.36. The van der Waals surface area contributed by atoms with Crippen LogP contribution in [-0.4, -0.2) is 32.3 Å². The molecule has 0 aliphatic rings. The monoisotopic (exact) mass is 305 g/mol. The van der Waals surface area contributed by atoms with Crippen molar-refractivity contribution < 1.29 is 27.4 Å². The lowest BCUT2D eigenvalue weighted by molar-refractivity contribution is -0.146. The zero-order valence-corrected chi connectivity index (χ0v) is 11.9. The van der Waals surface area contributed by atoms with Gasteiger partial charge in [-0.1, -0.05) is 12.1 Å². The molecule has 1 aromatic carbocycles. The van der Waals surface area contributed by atoms with Crippen molar-refractivity contribution in [1.82, 2.24) is 5.32 Å². The van der Waals surface area contributed by atoms with Crippen molar-refractivity contribution in [3.63, 3.8) is 0 Å². The normalized spacial score (nSPS) is 12.8. The molecule has 1 atom stereocenters. The Bertz CT molecular complexity index is 463. The smallest absolute Gasteiger partial charge is 0.419 e. The summed E-state index contributed by atoms with van der Waals surface area (Å²) in [6.45, 7) is 1.90. The lowest BCUT2D eigenvalue weighted by Gasteiger charge is -2.17. The first-order valence-corrected chi connectivity index (χ1v) is 6.53. The summed E-state index contributed by atoms with van der Waals surface area (Å²) in [7, 11) is 1.57. The van der Waals surface area contributed by atoms with Crippen LogP contribution < -0.4 is 10.1 Å². The Hall–Kier alpha value is -1.76. The Labute approximate surface area is 121 Å². The second-order valence-corrected chi connectivity index (χ2v) is 4.22. The molecule has 0 aliphatic heterocycles. The van der Waals surface area contributed by atoms with E-state index >= 15 is 0 Å². The number of nitrogens with one attached hydrogen (secondary N) is 1. The molecule has 1 rings (SSSR count). The third-order valence-corrected chi connectivity index (χ3v) is 2.78. The second-order valence-electron chi connectivity index (χ2n) is 4.22. The van der Waals surface area contributed by atoms with E-state index in [1.54, 1.807) is 14.0 Å². The van der Waals surface area contributed by atoms with Crippen LogP contribution in [0.3, 0.4) is 0 Å². The summed E-state index contributed by atoms with van der Waals surface area (Å²) in [5, 5.41) is 2.74. The molecule has 1 N–H and O–H groups in total. The van der Waals surface area contributed by atoms with E-state index in [-0.39, 0.29) is 25.4 Å². The number of hydrogen-bond acceptors (Lipinski definition) is 4. The van der Waals surface area contributed by atoms with Crippen LogP contribution in [0.2, 0.25) is 0 Å². The van der Waals surface area contributed by atoms with Crippen LogP contribution in [0.25, 0.3) is 0 Å². The quantitative estimate of drug-likeness (QED) is 0.787. The number of halogens is 3. The van der Waals surface area contributed by atoms with E-state index in [0.29, 0.717) is 0 Å². The van der Waals surface area contributed by atoms with Gasteiger partial charge in [-0.25, -0.2) is 0 Å². The van der Waals surface area contributed by atoms with Gasteiger partial charge in [0.05, 0.1) is 18.8 Å². The number of esters is 1. The molecule has 0 aromatic heterocycles.